The summed E-state index contributed by atoms with van der Waals surface area (Å²) in [4.78, 5) is 19.5. The highest BCUT2D eigenvalue weighted by molar-refractivity contribution is 5.77. The van der Waals surface area contributed by atoms with E-state index in [-0.39, 0.29) is 17.3 Å². The van der Waals surface area contributed by atoms with E-state index in [1.165, 1.54) is 18.2 Å². The van der Waals surface area contributed by atoms with Gasteiger partial charge in [-0.2, -0.15) is 4.98 Å². The van der Waals surface area contributed by atoms with Gasteiger partial charge in [-0.1, -0.05) is 0 Å². The number of nitrogens with one attached hydrogen (secondary N) is 1. The number of hydrogen-bond donors (Lipinski definition) is 2. The summed E-state index contributed by atoms with van der Waals surface area (Å²) in [6, 6.07) is 7.81. The largest absolute Gasteiger partial charge is 0.508 e. The van der Waals surface area contributed by atoms with Crippen LogP contribution in [0.2, 0.25) is 0 Å². The van der Waals surface area contributed by atoms with Gasteiger partial charge in [-0.25, -0.2) is 0 Å². The van der Waals surface area contributed by atoms with Crippen molar-refractivity contribution in [2.24, 2.45) is 0 Å². The van der Waals surface area contributed by atoms with Crippen molar-refractivity contribution in [3.05, 3.63) is 53.1 Å². The molecular weight excluding hydrogens is 246 g/mol. The van der Waals surface area contributed by atoms with E-state index in [0.717, 1.165) is 0 Å². The average molecular weight is 255 g/mol. The molecule has 3 aromatic rings. The van der Waals surface area contributed by atoms with Gasteiger partial charge in [-0.15, -0.1) is 0 Å². The van der Waals surface area contributed by atoms with E-state index in [9.17, 15) is 9.90 Å². The number of phenols is 1. The summed E-state index contributed by atoms with van der Waals surface area (Å²) in [6.07, 6.45) is 3.21. The van der Waals surface area contributed by atoms with Crippen molar-refractivity contribution in [1.82, 2.24) is 9.97 Å². The first kappa shape index (κ1) is 11.2. The number of phenolic OH excluding ortho intramolecular Hbond substituents is 1. The lowest BCUT2D eigenvalue weighted by atomic mass is 10.2. The number of benzene rings is 1. The smallest absolute Gasteiger partial charge is 0.303 e. The Morgan fingerprint density at radius 3 is 2.95 bits per heavy atom. The summed E-state index contributed by atoms with van der Waals surface area (Å²) in [5.74, 6) is 0.0224. The van der Waals surface area contributed by atoms with Crippen molar-refractivity contribution < 1.29 is 9.52 Å². The van der Waals surface area contributed by atoms with Gasteiger partial charge in [-0.3, -0.25) is 9.78 Å². The van der Waals surface area contributed by atoms with E-state index in [0.29, 0.717) is 11.1 Å². The third kappa shape index (κ3) is 2.23. The molecule has 0 saturated heterocycles. The van der Waals surface area contributed by atoms with Crippen molar-refractivity contribution in [3.63, 3.8) is 0 Å². The molecule has 0 fully saturated rings. The zero-order chi connectivity index (χ0) is 13.2. The maximum Gasteiger partial charge on any atom is 0.303 e. The molecule has 2 heterocycles. The second-order valence-corrected chi connectivity index (χ2v) is 3.87. The molecule has 0 aliphatic rings. The van der Waals surface area contributed by atoms with Crippen molar-refractivity contribution >= 4 is 22.7 Å². The van der Waals surface area contributed by atoms with E-state index in [1.54, 1.807) is 24.5 Å². The molecule has 3 rings (SSSR count). The summed E-state index contributed by atoms with van der Waals surface area (Å²) < 4.78 is 5.42. The number of aromatic nitrogens is 2. The van der Waals surface area contributed by atoms with Gasteiger partial charge in [0.05, 0.1) is 17.3 Å². The lowest BCUT2D eigenvalue weighted by Crippen LogP contribution is -2.08. The third-order valence-electron chi connectivity index (χ3n) is 2.52. The Hall–Kier alpha value is -2.89. The monoisotopic (exact) mass is 255 g/mol. The van der Waals surface area contributed by atoms with Crippen molar-refractivity contribution in [3.8, 4) is 5.75 Å². The molecule has 0 bridgehead atoms. The summed E-state index contributed by atoms with van der Waals surface area (Å²) in [5.41, 5.74) is 0.497. The lowest BCUT2D eigenvalue weighted by Gasteiger charge is -2.04. The van der Waals surface area contributed by atoms with Crippen LogP contribution in [0.5, 0.6) is 5.75 Å². The predicted octanol–water partition coefficient (Wildman–Crippen LogP) is 2.03. The SMILES string of the molecule is O=c1nc(Nc2cccnc2)oc2cc(O)ccc12. The Morgan fingerprint density at radius 1 is 1.26 bits per heavy atom. The van der Waals surface area contributed by atoms with E-state index >= 15 is 0 Å². The van der Waals surface area contributed by atoms with Gasteiger partial charge < -0.3 is 14.8 Å². The summed E-state index contributed by atoms with van der Waals surface area (Å²) in [5, 5.41) is 12.5. The Bertz CT molecular complexity index is 784. The minimum Gasteiger partial charge on any atom is -0.508 e. The van der Waals surface area contributed by atoms with Crippen LogP contribution in [0.1, 0.15) is 0 Å². The summed E-state index contributed by atoms with van der Waals surface area (Å²) in [6.45, 7) is 0. The predicted molar refractivity (Wildman–Crippen MR) is 69.5 cm³/mol. The van der Waals surface area contributed by atoms with Crippen molar-refractivity contribution in [1.29, 1.82) is 0 Å². The molecule has 0 atom stereocenters. The fourth-order valence-corrected chi connectivity index (χ4v) is 1.67. The Balaban J connectivity index is 2.08. The van der Waals surface area contributed by atoms with Gasteiger partial charge in [0.2, 0.25) is 0 Å². The van der Waals surface area contributed by atoms with Crippen LogP contribution in [0.3, 0.4) is 0 Å². The number of pyridine rings is 1. The first-order chi connectivity index (χ1) is 9.22. The van der Waals surface area contributed by atoms with Gasteiger partial charge in [0.25, 0.3) is 5.56 Å². The highest BCUT2D eigenvalue weighted by Crippen LogP contribution is 2.20. The number of fused-ring (bicyclic) bond motifs is 1. The van der Waals surface area contributed by atoms with Crippen LogP contribution in [-0.2, 0) is 0 Å². The number of hydrogen-bond acceptors (Lipinski definition) is 6. The summed E-state index contributed by atoms with van der Waals surface area (Å²) in [7, 11) is 0. The molecule has 0 amide bonds. The minimum atomic E-state index is -0.423. The van der Waals surface area contributed by atoms with Crippen LogP contribution in [0, 0.1) is 0 Å². The molecule has 2 N–H and O–H groups in total. The molecule has 6 heteroatoms. The molecular formula is C13H9N3O3. The highest BCUT2D eigenvalue weighted by atomic mass is 16.4. The molecule has 0 aliphatic heterocycles. The zero-order valence-electron chi connectivity index (χ0n) is 9.70. The number of aromatic hydroxyl groups is 1. The van der Waals surface area contributed by atoms with Crippen LogP contribution in [0.4, 0.5) is 11.7 Å². The van der Waals surface area contributed by atoms with E-state index in [4.69, 9.17) is 4.42 Å². The molecule has 2 aromatic heterocycles. The quantitative estimate of drug-likeness (QED) is 0.728. The maximum absolute atomic E-state index is 11.8. The molecule has 0 saturated carbocycles. The molecule has 0 aliphatic carbocycles. The molecule has 6 nitrogen and oxygen atoms in total. The zero-order valence-corrected chi connectivity index (χ0v) is 9.70. The van der Waals surface area contributed by atoms with Crippen LogP contribution in [0.15, 0.2) is 51.9 Å². The normalized spacial score (nSPS) is 10.5. The van der Waals surface area contributed by atoms with E-state index in [2.05, 4.69) is 15.3 Å². The fourth-order valence-electron chi connectivity index (χ4n) is 1.67. The van der Waals surface area contributed by atoms with Crippen LogP contribution in [0.25, 0.3) is 11.0 Å². The molecule has 1 aromatic carbocycles. The molecule has 94 valence electrons. The lowest BCUT2D eigenvalue weighted by molar-refractivity contribution is 0.474. The second kappa shape index (κ2) is 4.41. The van der Waals surface area contributed by atoms with Crippen molar-refractivity contribution in [2.75, 3.05) is 5.32 Å². The van der Waals surface area contributed by atoms with Gasteiger partial charge >= 0.3 is 6.01 Å². The topological polar surface area (TPSA) is 88.3 Å². The van der Waals surface area contributed by atoms with Crippen molar-refractivity contribution in [2.45, 2.75) is 0 Å². The second-order valence-electron chi connectivity index (χ2n) is 3.87. The van der Waals surface area contributed by atoms with Crippen LogP contribution < -0.4 is 10.9 Å². The highest BCUT2D eigenvalue weighted by Gasteiger charge is 2.07. The average Bonchev–Trinajstić information content (AvgIpc) is 2.39. The molecule has 19 heavy (non-hydrogen) atoms. The summed E-state index contributed by atoms with van der Waals surface area (Å²) >= 11 is 0. The third-order valence-corrected chi connectivity index (χ3v) is 2.52. The van der Waals surface area contributed by atoms with Gasteiger partial charge in [0.15, 0.2) is 0 Å². The Labute approximate surface area is 107 Å². The molecule has 0 radical (unpaired) electrons. The standard InChI is InChI=1S/C13H9N3O3/c17-9-3-4-10-11(6-9)19-13(16-12(10)18)15-8-2-1-5-14-7-8/h1-7,17H,(H,15,16,18). The van der Waals surface area contributed by atoms with Crippen LogP contribution in [-0.4, -0.2) is 15.1 Å². The van der Waals surface area contributed by atoms with E-state index in [1.807, 2.05) is 0 Å². The van der Waals surface area contributed by atoms with E-state index < -0.39 is 5.56 Å². The Morgan fingerprint density at radius 2 is 2.16 bits per heavy atom. The first-order valence-corrected chi connectivity index (χ1v) is 5.53. The van der Waals surface area contributed by atoms with Gasteiger partial charge in [0.1, 0.15) is 11.3 Å². The number of rotatable bonds is 2. The first-order valence-electron chi connectivity index (χ1n) is 5.53. The van der Waals surface area contributed by atoms with Gasteiger partial charge in [-0.05, 0) is 24.3 Å². The van der Waals surface area contributed by atoms with Gasteiger partial charge in [0, 0.05) is 12.3 Å². The van der Waals surface area contributed by atoms with Crippen LogP contribution >= 0.6 is 0 Å². The Kier molecular flexibility index (Phi) is 2.60. The molecule has 0 spiro atoms. The fraction of sp³-hybridized carbons (Fsp3) is 0. The molecule has 0 unspecified atom stereocenters. The number of nitrogens with zero attached hydrogens (tertiary/aromatic N) is 2. The minimum absolute atomic E-state index is 0.0224. The number of anilines is 2. The maximum atomic E-state index is 11.8.